The maximum atomic E-state index is 12.0. The lowest BCUT2D eigenvalue weighted by molar-refractivity contribution is 0.301. The molecule has 2 heterocycles. The zero-order valence-corrected chi connectivity index (χ0v) is 13.9. The van der Waals surface area contributed by atoms with Gasteiger partial charge in [0.25, 0.3) is 5.56 Å². The van der Waals surface area contributed by atoms with E-state index in [0.29, 0.717) is 26.4 Å². The van der Waals surface area contributed by atoms with Crippen LogP contribution < -0.4 is 10.3 Å². The molecule has 0 aliphatic heterocycles. The van der Waals surface area contributed by atoms with Crippen molar-refractivity contribution in [3.8, 4) is 5.75 Å². The average Bonchev–Trinajstić information content (AvgIpc) is 2.90. The highest BCUT2D eigenvalue weighted by atomic mass is 35.5. The Labute approximate surface area is 140 Å². The van der Waals surface area contributed by atoms with Gasteiger partial charge in [0.2, 0.25) is 4.96 Å². The van der Waals surface area contributed by atoms with Crippen LogP contribution in [0.3, 0.4) is 0 Å². The van der Waals surface area contributed by atoms with Crippen LogP contribution in [0, 0.1) is 0 Å². The van der Waals surface area contributed by atoms with Gasteiger partial charge in [0.1, 0.15) is 17.4 Å². The summed E-state index contributed by atoms with van der Waals surface area (Å²) in [4.78, 5) is 17.0. The second-order valence-electron chi connectivity index (χ2n) is 4.49. The summed E-state index contributed by atoms with van der Waals surface area (Å²) < 4.78 is 6.91. The molecular formula is C14H11Cl2N3O2S. The number of fused-ring (bicyclic) bond motifs is 1. The number of aromatic nitrogens is 3. The molecule has 22 heavy (non-hydrogen) atoms. The van der Waals surface area contributed by atoms with Crippen molar-refractivity contribution in [2.24, 2.45) is 0 Å². The number of ether oxygens (including phenoxy) is 1. The molecule has 114 valence electrons. The van der Waals surface area contributed by atoms with Gasteiger partial charge in [-0.1, -0.05) is 41.5 Å². The van der Waals surface area contributed by atoms with E-state index in [-0.39, 0.29) is 12.2 Å². The van der Waals surface area contributed by atoms with Gasteiger partial charge in [-0.15, -0.1) is 0 Å². The molecular weight excluding hydrogens is 345 g/mol. The molecule has 2 aromatic heterocycles. The highest BCUT2D eigenvalue weighted by Crippen LogP contribution is 2.28. The predicted molar refractivity (Wildman–Crippen MR) is 87.3 cm³/mol. The highest BCUT2D eigenvalue weighted by Gasteiger charge is 2.09. The molecule has 8 heteroatoms. The van der Waals surface area contributed by atoms with Gasteiger partial charge in [-0.25, -0.2) is 4.98 Å². The van der Waals surface area contributed by atoms with Crippen LogP contribution >= 0.6 is 34.5 Å². The van der Waals surface area contributed by atoms with Gasteiger partial charge >= 0.3 is 0 Å². The molecule has 0 amide bonds. The quantitative estimate of drug-likeness (QED) is 0.717. The summed E-state index contributed by atoms with van der Waals surface area (Å²) in [5.74, 6) is 0.492. The Morgan fingerprint density at radius 3 is 2.86 bits per heavy atom. The third-order valence-electron chi connectivity index (χ3n) is 2.91. The minimum absolute atomic E-state index is 0.145. The zero-order valence-electron chi connectivity index (χ0n) is 11.5. The van der Waals surface area contributed by atoms with Gasteiger partial charge in [-0.2, -0.15) is 9.61 Å². The molecule has 0 fully saturated rings. The Hall–Kier alpha value is -1.63. The lowest BCUT2D eigenvalue weighted by Gasteiger charge is -2.07. The van der Waals surface area contributed by atoms with Gasteiger partial charge in [-0.05, 0) is 24.6 Å². The van der Waals surface area contributed by atoms with E-state index in [1.807, 2.05) is 6.92 Å². The summed E-state index contributed by atoms with van der Waals surface area (Å²) in [7, 11) is 0. The second-order valence-corrected chi connectivity index (χ2v) is 6.38. The van der Waals surface area contributed by atoms with E-state index in [4.69, 9.17) is 27.9 Å². The highest BCUT2D eigenvalue weighted by molar-refractivity contribution is 7.16. The molecule has 0 unspecified atom stereocenters. The van der Waals surface area contributed by atoms with Gasteiger partial charge in [0, 0.05) is 11.1 Å². The summed E-state index contributed by atoms with van der Waals surface area (Å²) in [6.45, 7) is 2.13. The van der Waals surface area contributed by atoms with Gasteiger partial charge in [0.05, 0.1) is 10.7 Å². The van der Waals surface area contributed by atoms with Crippen LogP contribution in [0.1, 0.15) is 17.6 Å². The van der Waals surface area contributed by atoms with Crippen LogP contribution in [-0.4, -0.2) is 14.6 Å². The fourth-order valence-corrected chi connectivity index (χ4v) is 3.18. The van der Waals surface area contributed by atoms with Crippen molar-refractivity contribution in [1.29, 1.82) is 0 Å². The number of hydrogen-bond donors (Lipinski definition) is 0. The van der Waals surface area contributed by atoms with Crippen LogP contribution in [0.5, 0.6) is 5.75 Å². The minimum atomic E-state index is -0.221. The molecule has 3 rings (SSSR count). The Kier molecular flexibility index (Phi) is 4.33. The molecule has 0 saturated heterocycles. The molecule has 0 saturated carbocycles. The number of rotatable bonds is 4. The summed E-state index contributed by atoms with van der Waals surface area (Å²) in [5, 5.41) is 6.01. The zero-order chi connectivity index (χ0) is 15.7. The largest absolute Gasteiger partial charge is 0.486 e. The Bertz CT molecular complexity index is 891. The van der Waals surface area contributed by atoms with Crippen molar-refractivity contribution in [3.05, 3.63) is 55.4 Å². The minimum Gasteiger partial charge on any atom is -0.486 e. The molecule has 3 aromatic rings. The topological polar surface area (TPSA) is 56.5 Å². The Balaban J connectivity index is 1.86. The summed E-state index contributed by atoms with van der Waals surface area (Å²) in [5.41, 5.74) is 0.309. The van der Waals surface area contributed by atoms with E-state index in [9.17, 15) is 4.79 Å². The fraction of sp³-hybridized carbons (Fsp3) is 0.214. The lowest BCUT2D eigenvalue weighted by Crippen LogP contribution is -2.16. The first-order valence-electron chi connectivity index (χ1n) is 6.53. The van der Waals surface area contributed by atoms with Crippen molar-refractivity contribution >= 4 is 39.5 Å². The molecule has 0 bridgehead atoms. The molecule has 0 radical (unpaired) electrons. The molecule has 0 spiro atoms. The van der Waals surface area contributed by atoms with E-state index < -0.39 is 0 Å². The standard InChI is InChI=1S/C14H11Cl2N3O2S/c1-2-12-18-19-13(20)6-9(17-14(19)22-12)7-21-11-4-3-8(15)5-10(11)16/h3-6H,2,7H2,1H3. The Morgan fingerprint density at radius 2 is 2.14 bits per heavy atom. The maximum absolute atomic E-state index is 12.0. The fourth-order valence-electron chi connectivity index (χ4n) is 1.86. The third-order valence-corrected chi connectivity index (χ3v) is 4.50. The smallest absolute Gasteiger partial charge is 0.275 e. The first-order chi connectivity index (χ1) is 10.6. The summed E-state index contributed by atoms with van der Waals surface area (Å²) in [6.07, 6.45) is 0.764. The van der Waals surface area contributed by atoms with E-state index in [1.165, 1.54) is 21.9 Å². The predicted octanol–water partition coefficient (Wildman–Crippen LogP) is 3.60. The summed E-state index contributed by atoms with van der Waals surface area (Å²) in [6, 6.07) is 6.37. The van der Waals surface area contributed by atoms with Gasteiger partial charge < -0.3 is 4.74 Å². The number of nitrogens with zero attached hydrogens (tertiary/aromatic N) is 3. The normalized spacial score (nSPS) is 11.0. The first-order valence-corrected chi connectivity index (χ1v) is 8.10. The second kappa shape index (κ2) is 6.24. The molecule has 0 aliphatic rings. The van der Waals surface area contributed by atoms with E-state index in [0.717, 1.165) is 11.4 Å². The molecule has 1 aromatic carbocycles. The number of halogens is 2. The van der Waals surface area contributed by atoms with Crippen molar-refractivity contribution in [2.75, 3.05) is 0 Å². The average molecular weight is 356 g/mol. The molecule has 5 nitrogen and oxygen atoms in total. The Morgan fingerprint density at radius 1 is 1.32 bits per heavy atom. The number of benzene rings is 1. The van der Waals surface area contributed by atoms with Gasteiger partial charge in [0.15, 0.2) is 0 Å². The summed E-state index contributed by atoms with van der Waals surface area (Å²) >= 11 is 13.3. The van der Waals surface area contributed by atoms with Crippen molar-refractivity contribution in [1.82, 2.24) is 14.6 Å². The maximum Gasteiger partial charge on any atom is 0.275 e. The SMILES string of the molecule is CCc1nn2c(=O)cc(COc3ccc(Cl)cc3Cl)nc2s1. The first kappa shape index (κ1) is 15.3. The molecule has 0 atom stereocenters. The van der Waals surface area contributed by atoms with Crippen molar-refractivity contribution < 1.29 is 4.74 Å². The molecule has 0 aliphatic carbocycles. The van der Waals surface area contributed by atoms with E-state index in [1.54, 1.807) is 18.2 Å². The lowest BCUT2D eigenvalue weighted by atomic mass is 10.3. The van der Waals surface area contributed by atoms with E-state index >= 15 is 0 Å². The molecule has 0 N–H and O–H groups in total. The van der Waals surface area contributed by atoms with Crippen LogP contribution in [0.4, 0.5) is 0 Å². The van der Waals surface area contributed by atoms with Crippen LogP contribution in [0.2, 0.25) is 10.0 Å². The van der Waals surface area contributed by atoms with Crippen LogP contribution in [0.25, 0.3) is 4.96 Å². The monoisotopic (exact) mass is 355 g/mol. The number of aryl methyl sites for hydroxylation is 1. The van der Waals surface area contributed by atoms with Crippen LogP contribution in [-0.2, 0) is 13.0 Å². The van der Waals surface area contributed by atoms with Crippen molar-refractivity contribution in [3.63, 3.8) is 0 Å². The third kappa shape index (κ3) is 3.09. The number of hydrogen-bond acceptors (Lipinski definition) is 5. The van der Waals surface area contributed by atoms with Gasteiger partial charge in [-0.3, -0.25) is 4.79 Å². The van der Waals surface area contributed by atoms with E-state index in [2.05, 4.69) is 10.1 Å². The van der Waals surface area contributed by atoms with Crippen LogP contribution in [0.15, 0.2) is 29.1 Å². The van der Waals surface area contributed by atoms with Crippen molar-refractivity contribution in [2.45, 2.75) is 20.0 Å².